The van der Waals surface area contributed by atoms with Crippen molar-refractivity contribution in [2.75, 3.05) is 6.61 Å². The molecule has 11 heteroatoms. The second kappa shape index (κ2) is 9.51. The number of hydrogen-bond donors (Lipinski definition) is 3. The molecule has 0 aliphatic rings. The van der Waals surface area contributed by atoms with Crippen molar-refractivity contribution in [3.63, 3.8) is 0 Å². The Bertz CT molecular complexity index is 1320. The van der Waals surface area contributed by atoms with Crippen molar-refractivity contribution in [1.82, 2.24) is 0 Å². The van der Waals surface area contributed by atoms with Crippen molar-refractivity contribution in [3.8, 4) is 0 Å². The van der Waals surface area contributed by atoms with E-state index in [4.69, 9.17) is 14.4 Å². The number of rotatable bonds is 9. The van der Waals surface area contributed by atoms with Crippen molar-refractivity contribution in [1.29, 1.82) is 0 Å². The Balaban J connectivity index is 1.73. The van der Waals surface area contributed by atoms with E-state index in [-0.39, 0.29) is 6.61 Å². The number of hydrogen-bond acceptors (Lipinski definition) is 7. The molecular weight excluding hydrogens is 474 g/mol. The van der Waals surface area contributed by atoms with Crippen LogP contribution in [0.3, 0.4) is 0 Å². The van der Waals surface area contributed by atoms with E-state index in [1.54, 1.807) is 26.0 Å². The first-order chi connectivity index (χ1) is 15.7. The Labute approximate surface area is 194 Å². The van der Waals surface area contributed by atoms with Crippen LogP contribution in [0.4, 0.5) is 8.78 Å². The van der Waals surface area contributed by atoms with Gasteiger partial charge >= 0.3 is 21.3 Å². The van der Waals surface area contributed by atoms with Crippen LogP contribution in [0.1, 0.15) is 25.0 Å². The molecule has 0 fully saturated rings. The molecule has 0 aliphatic heterocycles. The van der Waals surface area contributed by atoms with E-state index < -0.39 is 39.8 Å². The van der Waals surface area contributed by atoms with E-state index in [0.29, 0.717) is 12.0 Å². The number of ether oxygens (including phenoxy) is 2. The molecule has 34 heavy (non-hydrogen) atoms. The summed E-state index contributed by atoms with van der Waals surface area (Å²) in [6.45, 7) is 2.49. The van der Waals surface area contributed by atoms with Gasteiger partial charge < -0.3 is 19.7 Å². The SMILES string of the molecule is CC(C)(O)Cc1ccc2cc3cccc(COCC(=O)OC(O)C(F)(F)S(=O)(=O)O)c3cc2c1. The minimum absolute atomic E-state index is 0.105. The van der Waals surface area contributed by atoms with Crippen LogP contribution in [0.15, 0.2) is 48.5 Å². The molecule has 3 rings (SSSR count). The average Bonchev–Trinajstić information content (AvgIpc) is 2.70. The fourth-order valence-corrected chi connectivity index (χ4v) is 3.78. The minimum Gasteiger partial charge on any atom is -0.426 e. The normalized spacial score (nSPS) is 13.9. The zero-order chi connectivity index (χ0) is 25.3. The molecule has 0 aliphatic carbocycles. The lowest BCUT2D eigenvalue weighted by atomic mass is 9.94. The van der Waals surface area contributed by atoms with Gasteiger partial charge in [0.2, 0.25) is 0 Å². The molecule has 1 unspecified atom stereocenters. The van der Waals surface area contributed by atoms with E-state index in [9.17, 15) is 27.1 Å². The van der Waals surface area contributed by atoms with Gasteiger partial charge in [0.1, 0.15) is 6.61 Å². The number of aliphatic hydroxyl groups excluding tert-OH is 1. The largest absolute Gasteiger partial charge is 0.430 e. The van der Waals surface area contributed by atoms with Gasteiger partial charge in [-0.3, -0.25) is 4.55 Å². The van der Waals surface area contributed by atoms with E-state index in [1.807, 2.05) is 36.4 Å². The molecule has 0 saturated heterocycles. The first-order valence-electron chi connectivity index (χ1n) is 10.1. The molecule has 0 radical (unpaired) electrons. The van der Waals surface area contributed by atoms with Gasteiger partial charge in [-0.25, -0.2) is 4.79 Å². The lowest BCUT2D eigenvalue weighted by Crippen LogP contribution is -2.44. The molecule has 184 valence electrons. The Hall–Kier alpha value is -2.70. The Kier molecular flexibility index (Phi) is 7.25. The fourth-order valence-electron chi connectivity index (χ4n) is 3.47. The molecule has 3 aromatic rings. The second-order valence-corrected chi connectivity index (χ2v) is 10.0. The minimum atomic E-state index is -5.98. The highest BCUT2D eigenvalue weighted by Crippen LogP contribution is 2.28. The van der Waals surface area contributed by atoms with Crippen LogP contribution in [0, 0.1) is 0 Å². The number of esters is 1. The van der Waals surface area contributed by atoms with Crippen molar-refractivity contribution in [2.45, 2.75) is 44.0 Å². The van der Waals surface area contributed by atoms with Gasteiger partial charge in [-0.15, -0.1) is 0 Å². The smallest absolute Gasteiger partial charge is 0.426 e. The average molecular weight is 499 g/mol. The molecule has 0 heterocycles. The third-order valence-electron chi connectivity index (χ3n) is 4.98. The van der Waals surface area contributed by atoms with Gasteiger partial charge in [0.15, 0.2) is 0 Å². The van der Waals surface area contributed by atoms with E-state index in [0.717, 1.165) is 27.1 Å². The molecule has 8 nitrogen and oxygen atoms in total. The summed E-state index contributed by atoms with van der Waals surface area (Å²) >= 11 is 0. The van der Waals surface area contributed by atoms with Crippen LogP contribution in [0.5, 0.6) is 0 Å². The van der Waals surface area contributed by atoms with Gasteiger partial charge in [-0.1, -0.05) is 36.4 Å². The first-order valence-corrected chi connectivity index (χ1v) is 11.6. The first kappa shape index (κ1) is 25.9. The topological polar surface area (TPSA) is 130 Å². The summed E-state index contributed by atoms with van der Waals surface area (Å²) in [5, 5.41) is 17.8. The maximum Gasteiger partial charge on any atom is 0.430 e. The van der Waals surface area contributed by atoms with E-state index >= 15 is 0 Å². The van der Waals surface area contributed by atoms with Gasteiger partial charge in [0.05, 0.1) is 12.2 Å². The molecule has 1 atom stereocenters. The van der Waals surface area contributed by atoms with Gasteiger partial charge in [0.25, 0.3) is 6.29 Å². The van der Waals surface area contributed by atoms with Gasteiger partial charge in [-0.2, -0.15) is 17.2 Å². The Morgan fingerprint density at radius 2 is 1.76 bits per heavy atom. The molecule has 0 bridgehead atoms. The highest BCUT2D eigenvalue weighted by Gasteiger charge is 2.54. The van der Waals surface area contributed by atoms with Gasteiger partial charge in [0, 0.05) is 6.42 Å². The molecule has 0 aromatic heterocycles. The van der Waals surface area contributed by atoms with Crippen LogP contribution in [-0.4, -0.2) is 52.9 Å². The quantitative estimate of drug-likeness (QED) is 0.178. The summed E-state index contributed by atoms with van der Waals surface area (Å²) in [4.78, 5) is 11.7. The summed E-state index contributed by atoms with van der Waals surface area (Å²) in [6.07, 6.45) is -2.92. The molecular formula is C23H24F2O8S. The number of alkyl halides is 2. The number of benzene rings is 3. The summed E-state index contributed by atoms with van der Waals surface area (Å²) in [5.41, 5.74) is 0.775. The maximum absolute atomic E-state index is 13.3. The third kappa shape index (κ3) is 6.05. The zero-order valence-corrected chi connectivity index (χ0v) is 19.2. The molecule has 0 amide bonds. The van der Waals surface area contributed by atoms with E-state index in [1.165, 1.54) is 0 Å². The second-order valence-electron chi connectivity index (χ2n) is 8.53. The Morgan fingerprint density at radius 1 is 1.06 bits per heavy atom. The van der Waals surface area contributed by atoms with Gasteiger partial charge in [-0.05, 0) is 58.7 Å². The van der Waals surface area contributed by atoms with Crippen LogP contribution in [-0.2, 0) is 37.4 Å². The van der Waals surface area contributed by atoms with Crippen molar-refractivity contribution in [2.24, 2.45) is 0 Å². The maximum atomic E-state index is 13.3. The lowest BCUT2D eigenvalue weighted by molar-refractivity contribution is -0.208. The highest BCUT2D eigenvalue weighted by atomic mass is 32.2. The zero-order valence-electron chi connectivity index (χ0n) is 18.4. The third-order valence-corrected chi connectivity index (χ3v) is 5.87. The highest BCUT2D eigenvalue weighted by molar-refractivity contribution is 7.86. The van der Waals surface area contributed by atoms with E-state index in [2.05, 4.69) is 4.74 Å². The number of carbonyl (C=O) groups is 1. The number of halogens is 2. The number of aliphatic hydroxyl groups is 2. The van der Waals surface area contributed by atoms with Crippen molar-refractivity contribution < 1.29 is 46.2 Å². The van der Waals surface area contributed by atoms with Crippen LogP contribution < -0.4 is 0 Å². The van der Waals surface area contributed by atoms with Crippen LogP contribution >= 0.6 is 0 Å². The monoisotopic (exact) mass is 498 g/mol. The lowest BCUT2D eigenvalue weighted by Gasteiger charge is -2.19. The van der Waals surface area contributed by atoms with Crippen molar-refractivity contribution >= 4 is 37.6 Å². The summed E-state index contributed by atoms with van der Waals surface area (Å²) in [6, 6.07) is 15.2. The molecule has 3 aromatic carbocycles. The summed E-state index contributed by atoms with van der Waals surface area (Å²) < 4.78 is 65.3. The van der Waals surface area contributed by atoms with Crippen LogP contribution in [0.25, 0.3) is 21.5 Å². The number of carbonyl (C=O) groups excluding carboxylic acids is 1. The number of fused-ring (bicyclic) bond motifs is 2. The predicted molar refractivity (Wildman–Crippen MR) is 120 cm³/mol. The molecule has 3 N–H and O–H groups in total. The summed E-state index contributed by atoms with van der Waals surface area (Å²) in [5.74, 6) is -1.45. The molecule has 0 saturated carbocycles. The van der Waals surface area contributed by atoms with Crippen molar-refractivity contribution in [3.05, 3.63) is 59.7 Å². The fraction of sp³-hybridized carbons (Fsp3) is 0.348. The predicted octanol–water partition coefficient (Wildman–Crippen LogP) is 3.17. The standard InChI is InChI=1S/C23H24F2O8S/c1-22(2,28)11-14-6-7-15-9-16-4-3-5-17(19(16)10-18(15)8-14)12-32-13-20(26)33-21(27)23(24,25)34(29,30)31/h3-10,21,27-28H,11-13H2,1-2H3,(H,29,30,31). The molecule has 0 spiro atoms. The van der Waals surface area contributed by atoms with Crippen LogP contribution in [0.2, 0.25) is 0 Å². The summed E-state index contributed by atoms with van der Waals surface area (Å²) in [7, 11) is -5.98. The Morgan fingerprint density at radius 3 is 2.41 bits per heavy atom.